The van der Waals surface area contributed by atoms with E-state index >= 15 is 0 Å². The Morgan fingerprint density at radius 3 is 2.38 bits per heavy atom. The molecule has 0 aromatic carbocycles. The Bertz CT molecular complexity index is 355. The van der Waals surface area contributed by atoms with Crippen molar-refractivity contribution in [3.05, 3.63) is 11.9 Å². The third-order valence-electron chi connectivity index (χ3n) is 2.76. The highest BCUT2D eigenvalue weighted by molar-refractivity contribution is 5.85. The second-order valence-electron chi connectivity index (χ2n) is 3.83. The van der Waals surface area contributed by atoms with Gasteiger partial charge in [-0.05, 0) is 12.8 Å². The molecule has 7 heteroatoms. The van der Waals surface area contributed by atoms with Crippen molar-refractivity contribution in [3.8, 4) is 0 Å². The SMILES string of the molecule is Cl.Nc1cnn(C2CCCC2)c1C(F)(F)F. The Morgan fingerprint density at radius 1 is 1.31 bits per heavy atom. The molecule has 0 radical (unpaired) electrons. The highest BCUT2D eigenvalue weighted by atomic mass is 35.5. The maximum atomic E-state index is 12.7. The number of hydrogen-bond donors (Lipinski definition) is 1. The van der Waals surface area contributed by atoms with Crippen molar-refractivity contribution in [1.29, 1.82) is 0 Å². The number of halogens is 4. The molecule has 0 bridgehead atoms. The van der Waals surface area contributed by atoms with Gasteiger partial charge in [0.2, 0.25) is 0 Å². The number of alkyl halides is 3. The van der Waals surface area contributed by atoms with Gasteiger partial charge in [-0.2, -0.15) is 18.3 Å². The van der Waals surface area contributed by atoms with Crippen molar-refractivity contribution < 1.29 is 13.2 Å². The summed E-state index contributed by atoms with van der Waals surface area (Å²) in [5, 5.41) is 3.74. The second kappa shape index (κ2) is 4.53. The molecule has 1 saturated carbocycles. The van der Waals surface area contributed by atoms with Gasteiger partial charge in [-0.15, -0.1) is 12.4 Å². The third kappa shape index (κ3) is 2.26. The number of anilines is 1. The predicted octanol–water partition coefficient (Wildman–Crippen LogP) is 3.02. The highest BCUT2D eigenvalue weighted by Gasteiger charge is 2.39. The second-order valence-corrected chi connectivity index (χ2v) is 3.83. The summed E-state index contributed by atoms with van der Waals surface area (Å²) in [7, 11) is 0. The normalized spacial score (nSPS) is 17.4. The molecule has 0 unspecified atom stereocenters. The standard InChI is InChI=1S/C9H12F3N3.ClH/c10-9(11,12)8-7(13)5-14-15(8)6-3-1-2-4-6;/h5-6H,1-4,13H2;1H. The van der Waals surface area contributed by atoms with Crippen molar-refractivity contribution in [1.82, 2.24) is 9.78 Å². The van der Waals surface area contributed by atoms with Crippen LogP contribution in [0.15, 0.2) is 6.20 Å². The first-order valence-electron chi connectivity index (χ1n) is 4.90. The zero-order valence-corrected chi connectivity index (χ0v) is 9.31. The molecule has 1 aliphatic rings. The van der Waals surface area contributed by atoms with Gasteiger partial charge in [-0.1, -0.05) is 12.8 Å². The van der Waals surface area contributed by atoms with Gasteiger partial charge >= 0.3 is 6.18 Å². The molecule has 2 rings (SSSR count). The van der Waals surface area contributed by atoms with Crippen molar-refractivity contribution in [3.63, 3.8) is 0 Å². The van der Waals surface area contributed by atoms with Crippen molar-refractivity contribution in [2.24, 2.45) is 0 Å². The van der Waals surface area contributed by atoms with E-state index in [1.807, 2.05) is 0 Å². The van der Waals surface area contributed by atoms with Gasteiger partial charge in [0.15, 0.2) is 5.69 Å². The van der Waals surface area contributed by atoms with E-state index in [9.17, 15) is 13.2 Å². The van der Waals surface area contributed by atoms with Crippen molar-refractivity contribution >= 4 is 18.1 Å². The zero-order chi connectivity index (χ0) is 11.1. The zero-order valence-electron chi connectivity index (χ0n) is 8.50. The summed E-state index contributed by atoms with van der Waals surface area (Å²) in [5.41, 5.74) is 4.21. The van der Waals surface area contributed by atoms with Gasteiger partial charge in [0.25, 0.3) is 0 Å². The monoisotopic (exact) mass is 255 g/mol. The predicted molar refractivity (Wildman–Crippen MR) is 56.4 cm³/mol. The van der Waals surface area contributed by atoms with E-state index in [4.69, 9.17) is 5.73 Å². The number of nitrogen functional groups attached to an aromatic ring is 1. The molecule has 0 saturated heterocycles. The molecule has 0 spiro atoms. The van der Waals surface area contributed by atoms with E-state index < -0.39 is 11.9 Å². The summed E-state index contributed by atoms with van der Waals surface area (Å²) in [5.74, 6) is 0. The van der Waals surface area contributed by atoms with E-state index in [-0.39, 0.29) is 24.1 Å². The minimum atomic E-state index is -4.41. The quantitative estimate of drug-likeness (QED) is 0.838. The minimum absolute atomic E-state index is 0. The number of aromatic nitrogens is 2. The first kappa shape index (κ1) is 13.2. The smallest absolute Gasteiger partial charge is 0.396 e. The molecular weight excluding hydrogens is 243 g/mol. The van der Waals surface area contributed by atoms with Crippen LogP contribution in [0.2, 0.25) is 0 Å². The lowest BCUT2D eigenvalue weighted by Gasteiger charge is -2.16. The summed E-state index contributed by atoms with van der Waals surface area (Å²) in [6.45, 7) is 0. The number of hydrogen-bond acceptors (Lipinski definition) is 2. The molecule has 1 aliphatic carbocycles. The molecule has 1 aromatic heterocycles. The fourth-order valence-electron chi connectivity index (χ4n) is 2.09. The summed E-state index contributed by atoms with van der Waals surface area (Å²) in [6.07, 6.45) is 0.0994. The number of rotatable bonds is 1. The van der Waals surface area contributed by atoms with Crippen LogP contribution in [0.4, 0.5) is 18.9 Å². The lowest BCUT2D eigenvalue weighted by Crippen LogP contribution is -2.19. The Labute approximate surface area is 97.2 Å². The summed E-state index contributed by atoms with van der Waals surface area (Å²) in [6, 6.07) is -0.140. The molecule has 92 valence electrons. The van der Waals surface area contributed by atoms with E-state index in [1.165, 1.54) is 0 Å². The average Bonchev–Trinajstić information content (AvgIpc) is 2.68. The van der Waals surface area contributed by atoms with Gasteiger partial charge < -0.3 is 5.73 Å². The lowest BCUT2D eigenvalue weighted by atomic mass is 10.2. The Morgan fingerprint density at radius 2 is 1.88 bits per heavy atom. The Kier molecular flexibility index (Phi) is 3.72. The average molecular weight is 256 g/mol. The topological polar surface area (TPSA) is 43.8 Å². The summed E-state index contributed by atoms with van der Waals surface area (Å²) < 4.78 is 39.0. The van der Waals surface area contributed by atoms with Crippen molar-refractivity contribution in [2.75, 3.05) is 5.73 Å². The van der Waals surface area contributed by atoms with E-state index in [0.717, 1.165) is 36.6 Å². The first-order valence-corrected chi connectivity index (χ1v) is 4.90. The van der Waals surface area contributed by atoms with Crippen LogP contribution in [-0.2, 0) is 6.18 Å². The van der Waals surface area contributed by atoms with Crippen LogP contribution in [0.1, 0.15) is 37.4 Å². The van der Waals surface area contributed by atoms with Gasteiger partial charge in [0.05, 0.1) is 17.9 Å². The fraction of sp³-hybridized carbons (Fsp3) is 0.667. The van der Waals surface area contributed by atoms with Crippen molar-refractivity contribution in [2.45, 2.75) is 37.9 Å². The minimum Gasteiger partial charge on any atom is -0.396 e. The number of nitrogens with two attached hydrogens (primary N) is 1. The number of nitrogens with zero attached hydrogens (tertiary/aromatic N) is 2. The molecule has 0 aliphatic heterocycles. The van der Waals surface area contributed by atoms with Crippen LogP contribution in [0, 0.1) is 0 Å². The molecule has 1 fully saturated rings. The Hall–Kier alpha value is -0.910. The van der Waals surface area contributed by atoms with Crippen LogP contribution in [0.3, 0.4) is 0 Å². The fourth-order valence-corrected chi connectivity index (χ4v) is 2.09. The van der Waals surface area contributed by atoms with E-state index in [1.54, 1.807) is 0 Å². The maximum absolute atomic E-state index is 12.7. The van der Waals surface area contributed by atoms with Gasteiger partial charge in [-0.25, -0.2) is 0 Å². The molecule has 1 heterocycles. The van der Waals surface area contributed by atoms with Crippen LogP contribution < -0.4 is 5.73 Å². The molecular formula is C9H13ClF3N3. The molecule has 2 N–H and O–H groups in total. The maximum Gasteiger partial charge on any atom is 0.435 e. The van der Waals surface area contributed by atoms with Crippen LogP contribution in [0.25, 0.3) is 0 Å². The van der Waals surface area contributed by atoms with Gasteiger partial charge in [-0.3, -0.25) is 4.68 Å². The summed E-state index contributed by atoms with van der Waals surface area (Å²) >= 11 is 0. The molecule has 3 nitrogen and oxygen atoms in total. The van der Waals surface area contributed by atoms with E-state index in [2.05, 4.69) is 5.10 Å². The third-order valence-corrected chi connectivity index (χ3v) is 2.76. The van der Waals surface area contributed by atoms with Gasteiger partial charge in [0.1, 0.15) is 0 Å². The van der Waals surface area contributed by atoms with Crippen LogP contribution in [0.5, 0.6) is 0 Å². The van der Waals surface area contributed by atoms with E-state index in [0.29, 0.717) is 0 Å². The van der Waals surface area contributed by atoms with Crippen LogP contribution in [-0.4, -0.2) is 9.78 Å². The molecule has 0 atom stereocenters. The van der Waals surface area contributed by atoms with Gasteiger partial charge in [0, 0.05) is 0 Å². The summed E-state index contributed by atoms with van der Waals surface area (Å²) in [4.78, 5) is 0. The first-order chi connectivity index (χ1) is 7.00. The molecule has 16 heavy (non-hydrogen) atoms. The Balaban J connectivity index is 0.00000128. The largest absolute Gasteiger partial charge is 0.435 e. The highest BCUT2D eigenvalue weighted by Crippen LogP contribution is 2.38. The molecule has 0 amide bonds. The molecule has 1 aromatic rings. The lowest BCUT2D eigenvalue weighted by molar-refractivity contribution is -0.144. The van der Waals surface area contributed by atoms with Crippen LogP contribution >= 0.6 is 12.4 Å².